The molecule has 1 aromatic heterocycles. The second-order valence-electron chi connectivity index (χ2n) is 7.04. The number of nitrogens with zero attached hydrogens (tertiary/aromatic N) is 2. The van der Waals surface area contributed by atoms with E-state index >= 15 is 0 Å². The van der Waals surface area contributed by atoms with Crippen molar-refractivity contribution in [2.45, 2.75) is 12.1 Å². The fourth-order valence-electron chi connectivity index (χ4n) is 2.83. The van der Waals surface area contributed by atoms with Crippen molar-refractivity contribution in [3.05, 3.63) is 89.3 Å². The predicted molar refractivity (Wildman–Crippen MR) is 91.0 cm³/mol. The summed E-state index contributed by atoms with van der Waals surface area (Å²) < 4.78 is 6.17. The molecule has 0 saturated carbocycles. The Kier molecular flexibility index (Phi) is 4.26. The molecule has 0 fully saturated rings. The maximum Gasteiger partial charge on any atom is 0.191 e. The largest absolute Gasteiger partial charge is 0.838 e. The van der Waals surface area contributed by atoms with Gasteiger partial charge in [-0.15, -0.1) is 0 Å². The Hall–Kier alpha value is -2.43. The zero-order valence-corrected chi connectivity index (χ0v) is 14.3. The second-order valence-corrected chi connectivity index (χ2v) is 7.04. The summed E-state index contributed by atoms with van der Waals surface area (Å²) in [5, 5.41) is 18.1. The van der Waals surface area contributed by atoms with Crippen LogP contribution in [-0.2, 0) is 12.1 Å². The minimum atomic E-state index is -1.59. The standard InChI is InChI=1S/C20H22N2O2/c1-22(2,3)15-18-14-19(21-24-18)20(23,16-10-6-4-7-11-16)17-12-8-5-9-13-17/h4-14H,15H2,1-3H3. The average Bonchev–Trinajstić information content (AvgIpc) is 3.02. The molecule has 0 aliphatic carbocycles. The van der Waals surface area contributed by atoms with Gasteiger partial charge in [-0.1, -0.05) is 65.8 Å². The SMILES string of the molecule is C[N+](C)(C)Cc1cc(C([O-])(c2ccccc2)c2ccccc2)no1. The molecule has 0 unspecified atom stereocenters. The lowest BCUT2D eigenvalue weighted by Crippen LogP contribution is -2.43. The molecule has 24 heavy (non-hydrogen) atoms. The van der Waals surface area contributed by atoms with Gasteiger partial charge in [0.2, 0.25) is 0 Å². The summed E-state index contributed by atoms with van der Waals surface area (Å²) in [6.07, 6.45) is 0. The summed E-state index contributed by atoms with van der Waals surface area (Å²) in [7, 11) is 6.21. The molecule has 3 aromatic rings. The van der Waals surface area contributed by atoms with Gasteiger partial charge in [0.1, 0.15) is 6.54 Å². The smallest absolute Gasteiger partial charge is 0.191 e. The Morgan fingerprint density at radius 3 is 1.88 bits per heavy atom. The van der Waals surface area contributed by atoms with Crippen LogP contribution in [0.5, 0.6) is 0 Å². The van der Waals surface area contributed by atoms with Crippen LogP contribution in [0.15, 0.2) is 71.3 Å². The lowest BCUT2D eigenvalue weighted by Gasteiger charge is -2.39. The molecule has 0 aliphatic heterocycles. The molecule has 0 radical (unpaired) electrons. The van der Waals surface area contributed by atoms with Gasteiger partial charge in [-0.3, -0.25) is 0 Å². The van der Waals surface area contributed by atoms with Crippen LogP contribution in [0.3, 0.4) is 0 Å². The number of hydrogen-bond donors (Lipinski definition) is 0. The van der Waals surface area contributed by atoms with Crippen LogP contribution in [0, 0.1) is 0 Å². The first-order valence-corrected chi connectivity index (χ1v) is 7.97. The molecule has 3 rings (SSSR count). The summed E-state index contributed by atoms with van der Waals surface area (Å²) in [5.41, 5.74) is 0.112. The minimum absolute atomic E-state index is 0.392. The molecule has 0 atom stereocenters. The van der Waals surface area contributed by atoms with Gasteiger partial charge in [-0.2, -0.15) is 0 Å². The van der Waals surface area contributed by atoms with Crippen molar-refractivity contribution in [1.82, 2.24) is 5.16 Å². The van der Waals surface area contributed by atoms with Gasteiger partial charge in [-0.25, -0.2) is 0 Å². The second kappa shape index (κ2) is 6.23. The summed E-state index contributed by atoms with van der Waals surface area (Å²) >= 11 is 0. The van der Waals surface area contributed by atoms with Crippen LogP contribution in [0.2, 0.25) is 0 Å². The monoisotopic (exact) mass is 322 g/mol. The molecular formula is C20H22N2O2. The van der Waals surface area contributed by atoms with Crippen molar-refractivity contribution < 1.29 is 14.1 Å². The third-order valence-corrected chi connectivity index (χ3v) is 3.91. The highest BCUT2D eigenvalue weighted by molar-refractivity contribution is 5.43. The molecular weight excluding hydrogens is 300 g/mol. The maximum atomic E-state index is 14.0. The van der Waals surface area contributed by atoms with Crippen molar-refractivity contribution in [2.75, 3.05) is 21.1 Å². The van der Waals surface area contributed by atoms with Gasteiger partial charge >= 0.3 is 0 Å². The van der Waals surface area contributed by atoms with E-state index in [-0.39, 0.29) is 0 Å². The summed E-state index contributed by atoms with van der Waals surface area (Å²) in [6, 6.07) is 20.5. The van der Waals surface area contributed by atoms with Crippen LogP contribution in [-0.4, -0.2) is 30.8 Å². The average molecular weight is 322 g/mol. The molecule has 1 heterocycles. The Morgan fingerprint density at radius 2 is 1.42 bits per heavy atom. The molecule has 4 nitrogen and oxygen atoms in total. The van der Waals surface area contributed by atoms with Crippen LogP contribution in [0.1, 0.15) is 22.6 Å². The molecule has 124 valence electrons. The normalized spacial score (nSPS) is 12.3. The van der Waals surface area contributed by atoms with Crippen LogP contribution >= 0.6 is 0 Å². The van der Waals surface area contributed by atoms with E-state index in [2.05, 4.69) is 26.3 Å². The van der Waals surface area contributed by atoms with Gasteiger partial charge in [0.25, 0.3) is 0 Å². The van der Waals surface area contributed by atoms with Crippen molar-refractivity contribution in [3.63, 3.8) is 0 Å². The van der Waals surface area contributed by atoms with Crippen LogP contribution in [0.25, 0.3) is 0 Å². The highest BCUT2D eigenvalue weighted by atomic mass is 16.5. The van der Waals surface area contributed by atoms with E-state index in [9.17, 15) is 5.11 Å². The third-order valence-electron chi connectivity index (χ3n) is 3.91. The van der Waals surface area contributed by atoms with Gasteiger partial charge < -0.3 is 14.1 Å². The quantitative estimate of drug-likeness (QED) is 0.678. The molecule has 0 spiro atoms. The van der Waals surface area contributed by atoms with E-state index in [4.69, 9.17) is 4.52 Å². The van der Waals surface area contributed by atoms with Crippen molar-refractivity contribution in [1.29, 1.82) is 0 Å². The fourth-order valence-corrected chi connectivity index (χ4v) is 2.83. The van der Waals surface area contributed by atoms with E-state index in [1.165, 1.54) is 0 Å². The first-order chi connectivity index (χ1) is 11.4. The number of quaternary nitrogens is 1. The lowest BCUT2D eigenvalue weighted by molar-refractivity contribution is -0.885. The fraction of sp³-hybridized carbons (Fsp3) is 0.250. The number of benzene rings is 2. The molecule has 0 bridgehead atoms. The Morgan fingerprint density at radius 1 is 0.917 bits per heavy atom. The molecule has 0 saturated heterocycles. The minimum Gasteiger partial charge on any atom is -0.838 e. The van der Waals surface area contributed by atoms with E-state index in [1.54, 1.807) is 6.07 Å². The molecule has 2 aromatic carbocycles. The Bertz CT molecular complexity index is 750. The molecule has 0 aliphatic rings. The highest BCUT2D eigenvalue weighted by Crippen LogP contribution is 2.33. The Labute approximate surface area is 142 Å². The van der Waals surface area contributed by atoms with Gasteiger partial charge in [0.05, 0.1) is 26.8 Å². The number of rotatable bonds is 5. The van der Waals surface area contributed by atoms with Gasteiger partial charge in [0.15, 0.2) is 5.76 Å². The van der Waals surface area contributed by atoms with Gasteiger partial charge in [-0.05, 0) is 16.7 Å². The number of hydrogen-bond acceptors (Lipinski definition) is 3. The number of aromatic nitrogens is 1. The van der Waals surface area contributed by atoms with Crippen molar-refractivity contribution in [2.24, 2.45) is 0 Å². The zero-order chi connectivity index (χ0) is 17.2. The predicted octanol–water partition coefficient (Wildman–Crippen LogP) is 2.53. The summed E-state index contributed by atoms with van der Waals surface area (Å²) in [4.78, 5) is 0. The van der Waals surface area contributed by atoms with Crippen LogP contribution in [0.4, 0.5) is 0 Å². The Balaban J connectivity index is 2.10. The van der Waals surface area contributed by atoms with E-state index in [0.29, 0.717) is 33.6 Å². The highest BCUT2D eigenvalue weighted by Gasteiger charge is 2.28. The van der Waals surface area contributed by atoms with E-state index < -0.39 is 5.60 Å². The van der Waals surface area contributed by atoms with E-state index in [0.717, 1.165) is 0 Å². The lowest BCUT2D eigenvalue weighted by atomic mass is 9.83. The summed E-state index contributed by atoms with van der Waals surface area (Å²) in [6.45, 7) is 0.673. The van der Waals surface area contributed by atoms with Gasteiger partial charge in [0, 0.05) is 6.07 Å². The van der Waals surface area contributed by atoms with E-state index in [1.807, 2.05) is 60.7 Å². The first kappa shape index (κ1) is 16.4. The summed E-state index contributed by atoms with van der Waals surface area (Å²) in [5.74, 6) is 0.713. The molecule has 0 amide bonds. The molecule has 0 N–H and O–H groups in total. The molecule has 4 heteroatoms. The van der Waals surface area contributed by atoms with Crippen LogP contribution < -0.4 is 5.11 Å². The maximum absolute atomic E-state index is 14.0. The first-order valence-electron chi connectivity index (χ1n) is 7.97. The van der Waals surface area contributed by atoms with Crippen molar-refractivity contribution in [3.8, 4) is 0 Å². The zero-order valence-electron chi connectivity index (χ0n) is 14.3. The van der Waals surface area contributed by atoms with Crippen molar-refractivity contribution >= 4 is 0 Å². The topological polar surface area (TPSA) is 49.1 Å². The third kappa shape index (κ3) is 3.25.